The van der Waals surface area contributed by atoms with Gasteiger partial charge in [-0.3, -0.25) is 4.98 Å². The van der Waals surface area contributed by atoms with Crippen LogP contribution in [0.5, 0.6) is 0 Å². The van der Waals surface area contributed by atoms with E-state index < -0.39 is 0 Å². The van der Waals surface area contributed by atoms with Crippen LogP contribution in [0.25, 0.3) is 0 Å². The Morgan fingerprint density at radius 3 is 2.15 bits per heavy atom. The Morgan fingerprint density at radius 2 is 1.65 bits per heavy atom. The summed E-state index contributed by atoms with van der Waals surface area (Å²) in [5.41, 5.74) is 9.66. The predicted molar refractivity (Wildman–Crippen MR) is 82.5 cm³/mol. The van der Waals surface area contributed by atoms with Gasteiger partial charge < -0.3 is 5.73 Å². The van der Waals surface area contributed by atoms with Crippen molar-refractivity contribution in [3.63, 3.8) is 0 Å². The molecule has 0 aliphatic heterocycles. The van der Waals surface area contributed by atoms with Crippen molar-refractivity contribution in [2.45, 2.75) is 57.8 Å². The molecular weight excluding hydrogens is 244 g/mol. The standard InChI is InChI=1S/C18H26N2/c1-10(2)18-16(19)8-15(9-20-18)17-13-4-11-3-12(6-13)7-14(17)5-11/h8-14,17H,3-7,19H2,1-2H3. The second-order valence-corrected chi connectivity index (χ2v) is 7.85. The third kappa shape index (κ3) is 1.88. The van der Waals surface area contributed by atoms with Crippen LogP contribution in [-0.4, -0.2) is 4.98 Å². The monoisotopic (exact) mass is 270 g/mol. The van der Waals surface area contributed by atoms with Gasteiger partial charge in [0.15, 0.2) is 0 Å². The summed E-state index contributed by atoms with van der Waals surface area (Å²) < 4.78 is 0. The van der Waals surface area contributed by atoms with Crippen molar-refractivity contribution < 1.29 is 0 Å². The molecule has 4 saturated carbocycles. The van der Waals surface area contributed by atoms with Crippen LogP contribution in [0, 0.1) is 23.7 Å². The Labute approximate surface area is 122 Å². The van der Waals surface area contributed by atoms with Gasteiger partial charge in [-0.05, 0) is 79.2 Å². The molecule has 5 rings (SSSR count). The van der Waals surface area contributed by atoms with Crippen LogP contribution in [0.2, 0.25) is 0 Å². The van der Waals surface area contributed by atoms with Gasteiger partial charge in [-0.1, -0.05) is 13.8 Å². The fourth-order valence-corrected chi connectivity index (χ4v) is 5.64. The topological polar surface area (TPSA) is 38.9 Å². The maximum absolute atomic E-state index is 6.25. The summed E-state index contributed by atoms with van der Waals surface area (Å²) in [6.07, 6.45) is 9.50. The lowest BCUT2D eigenvalue weighted by molar-refractivity contribution is -0.00287. The van der Waals surface area contributed by atoms with Crippen LogP contribution in [-0.2, 0) is 0 Å². The lowest BCUT2D eigenvalue weighted by Gasteiger charge is -2.54. The fourth-order valence-electron chi connectivity index (χ4n) is 5.64. The number of pyridine rings is 1. The van der Waals surface area contributed by atoms with Gasteiger partial charge in [0.2, 0.25) is 0 Å². The SMILES string of the molecule is CC(C)c1ncc(C2C3CC4CC(C3)CC2C4)cc1N. The molecule has 4 bridgehead atoms. The van der Waals surface area contributed by atoms with Gasteiger partial charge in [-0.25, -0.2) is 0 Å². The van der Waals surface area contributed by atoms with Gasteiger partial charge >= 0.3 is 0 Å². The van der Waals surface area contributed by atoms with Gasteiger partial charge in [0.05, 0.1) is 11.4 Å². The highest BCUT2D eigenvalue weighted by Crippen LogP contribution is 2.59. The zero-order valence-corrected chi connectivity index (χ0v) is 12.7. The quantitative estimate of drug-likeness (QED) is 0.869. The summed E-state index contributed by atoms with van der Waals surface area (Å²) in [4.78, 5) is 4.69. The summed E-state index contributed by atoms with van der Waals surface area (Å²) >= 11 is 0. The first-order chi connectivity index (χ1) is 9.61. The molecule has 1 heterocycles. The molecule has 0 spiro atoms. The van der Waals surface area contributed by atoms with E-state index in [1.54, 1.807) is 0 Å². The first-order valence-electron chi connectivity index (χ1n) is 8.37. The molecule has 1 aromatic heterocycles. The molecule has 2 heteroatoms. The minimum absolute atomic E-state index is 0.419. The number of nitrogen functional groups attached to an aromatic ring is 1. The van der Waals surface area contributed by atoms with Crippen molar-refractivity contribution in [1.29, 1.82) is 0 Å². The van der Waals surface area contributed by atoms with Crippen molar-refractivity contribution in [3.8, 4) is 0 Å². The molecule has 20 heavy (non-hydrogen) atoms. The average molecular weight is 270 g/mol. The van der Waals surface area contributed by atoms with Crippen molar-refractivity contribution in [1.82, 2.24) is 4.98 Å². The highest BCUT2D eigenvalue weighted by Gasteiger charge is 2.48. The molecule has 0 unspecified atom stereocenters. The number of nitrogens with two attached hydrogens (primary N) is 1. The number of anilines is 1. The van der Waals surface area contributed by atoms with Crippen LogP contribution in [0.3, 0.4) is 0 Å². The zero-order valence-electron chi connectivity index (χ0n) is 12.7. The predicted octanol–water partition coefficient (Wildman–Crippen LogP) is 4.33. The number of rotatable bonds is 2. The zero-order chi connectivity index (χ0) is 13.9. The molecule has 0 saturated heterocycles. The maximum Gasteiger partial charge on any atom is 0.0658 e. The Morgan fingerprint density at radius 1 is 1.05 bits per heavy atom. The normalized spacial score (nSPS) is 38.6. The van der Waals surface area contributed by atoms with E-state index in [0.717, 1.165) is 41.0 Å². The van der Waals surface area contributed by atoms with Crippen LogP contribution in [0.1, 0.15) is 69.0 Å². The molecule has 4 fully saturated rings. The van der Waals surface area contributed by atoms with Crippen molar-refractivity contribution in [3.05, 3.63) is 23.5 Å². The molecule has 0 atom stereocenters. The average Bonchev–Trinajstić information content (AvgIpc) is 2.37. The Balaban J connectivity index is 1.66. The maximum atomic E-state index is 6.25. The van der Waals surface area contributed by atoms with E-state index >= 15 is 0 Å². The van der Waals surface area contributed by atoms with Crippen molar-refractivity contribution in [2.24, 2.45) is 23.7 Å². The molecule has 4 aliphatic carbocycles. The molecule has 0 radical (unpaired) electrons. The molecule has 108 valence electrons. The number of hydrogen-bond acceptors (Lipinski definition) is 2. The van der Waals surface area contributed by atoms with Gasteiger partial charge in [0, 0.05) is 6.20 Å². The summed E-state index contributed by atoms with van der Waals surface area (Å²) in [6.45, 7) is 4.34. The number of aromatic nitrogens is 1. The summed E-state index contributed by atoms with van der Waals surface area (Å²) in [7, 11) is 0. The molecule has 2 nitrogen and oxygen atoms in total. The largest absolute Gasteiger partial charge is 0.397 e. The first kappa shape index (κ1) is 12.7. The molecular formula is C18H26N2. The van der Waals surface area contributed by atoms with Crippen LogP contribution >= 0.6 is 0 Å². The number of hydrogen-bond donors (Lipinski definition) is 1. The van der Waals surface area contributed by atoms with E-state index in [0.29, 0.717) is 5.92 Å². The van der Waals surface area contributed by atoms with Gasteiger partial charge in [-0.15, -0.1) is 0 Å². The van der Waals surface area contributed by atoms with Crippen LogP contribution in [0.15, 0.2) is 12.3 Å². The van der Waals surface area contributed by atoms with Crippen molar-refractivity contribution in [2.75, 3.05) is 5.73 Å². The third-order valence-electron chi connectivity index (χ3n) is 6.13. The highest BCUT2D eigenvalue weighted by atomic mass is 14.7. The van der Waals surface area contributed by atoms with E-state index in [1.807, 2.05) is 0 Å². The Kier molecular flexibility index (Phi) is 2.84. The molecule has 2 N–H and O–H groups in total. The molecule has 0 aromatic carbocycles. The summed E-state index contributed by atoms with van der Waals surface area (Å²) in [6, 6.07) is 2.25. The third-order valence-corrected chi connectivity index (χ3v) is 6.13. The van der Waals surface area contributed by atoms with E-state index in [4.69, 9.17) is 5.73 Å². The van der Waals surface area contributed by atoms with Gasteiger partial charge in [0.25, 0.3) is 0 Å². The highest BCUT2D eigenvalue weighted by molar-refractivity contribution is 5.47. The lowest BCUT2D eigenvalue weighted by Crippen LogP contribution is -2.43. The van der Waals surface area contributed by atoms with Crippen LogP contribution in [0.4, 0.5) is 5.69 Å². The van der Waals surface area contributed by atoms with Gasteiger partial charge in [0.1, 0.15) is 0 Å². The molecule has 0 amide bonds. The number of nitrogens with zero attached hydrogens (tertiary/aromatic N) is 1. The summed E-state index contributed by atoms with van der Waals surface area (Å²) in [5.74, 6) is 5.07. The molecule has 4 aliphatic rings. The smallest absolute Gasteiger partial charge is 0.0658 e. The van der Waals surface area contributed by atoms with E-state index in [-0.39, 0.29) is 0 Å². The minimum Gasteiger partial charge on any atom is -0.397 e. The Hall–Kier alpha value is -1.05. The Bertz CT molecular complexity index is 492. The van der Waals surface area contributed by atoms with E-state index in [1.165, 1.54) is 37.7 Å². The van der Waals surface area contributed by atoms with E-state index in [9.17, 15) is 0 Å². The minimum atomic E-state index is 0.419. The second kappa shape index (κ2) is 4.47. The van der Waals surface area contributed by atoms with Crippen molar-refractivity contribution >= 4 is 5.69 Å². The lowest BCUT2D eigenvalue weighted by atomic mass is 9.51. The second-order valence-electron chi connectivity index (χ2n) is 7.85. The summed E-state index contributed by atoms with van der Waals surface area (Å²) in [5, 5.41) is 0. The fraction of sp³-hybridized carbons (Fsp3) is 0.722. The van der Waals surface area contributed by atoms with Gasteiger partial charge in [-0.2, -0.15) is 0 Å². The molecule has 1 aromatic rings. The van der Waals surface area contributed by atoms with Crippen LogP contribution < -0.4 is 5.73 Å². The van der Waals surface area contributed by atoms with E-state index in [2.05, 4.69) is 31.1 Å². The first-order valence-corrected chi connectivity index (χ1v) is 8.37.